The highest BCUT2D eigenvalue weighted by atomic mass is 15.4. The van der Waals surface area contributed by atoms with Crippen molar-refractivity contribution in [3.8, 4) is 0 Å². The van der Waals surface area contributed by atoms with Crippen LogP contribution in [0.4, 0.5) is 0 Å². The zero-order valence-electron chi connectivity index (χ0n) is 14.4. The number of nitrogens with one attached hydrogen (secondary N) is 1. The molecule has 2 bridgehead atoms. The molecule has 124 valence electrons. The Kier molecular flexibility index (Phi) is 8.05. The maximum atomic E-state index is 3.86. The largest absolute Gasteiger partial charge is 0.312 e. The molecular formula is C18H37N3. The molecule has 2 atom stereocenters. The maximum Gasteiger partial charge on any atom is 0.0377 e. The molecule has 0 aliphatic carbocycles. The molecule has 3 saturated heterocycles. The highest BCUT2D eigenvalue weighted by Crippen LogP contribution is 2.21. The van der Waals surface area contributed by atoms with E-state index >= 15 is 0 Å². The maximum absolute atomic E-state index is 3.86. The van der Waals surface area contributed by atoms with Crippen molar-refractivity contribution in [2.45, 2.75) is 77.3 Å². The van der Waals surface area contributed by atoms with Crippen LogP contribution in [0.15, 0.2) is 0 Å². The van der Waals surface area contributed by atoms with Crippen LogP contribution in [0.25, 0.3) is 0 Å². The van der Waals surface area contributed by atoms with Gasteiger partial charge < -0.3 is 5.32 Å². The van der Waals surface area contributed by atoms with Crippen LogP contribution in [-0.4, -0.2) is 61.2 Å². The number of nitrogens with zero attached hydrogens (tertiary/aromatic N) is 2. The molecule has 3 heteroatoms. The molecule has 0 spiro atoms. The fourth-order valence-electron chi connectivity index (χ4n) is 3.94. The van der Waals surface area contributed by atoms with Crippen LogP contribution in [0.2, 0.25) is 0 Å². The minimum Gasteiger partial charge on any atom is -0.312 e. The van der Waals surface area contributed by atoms with E-state index in [1.165, 1.54) is 90.6 Å². The Morgan fingerprint density at radius 2 is 1.62 bits per heavy atom. The lowest BCUT2D eigenvalue weighted by Gasteiger charge is -2.50. The van der Waals surface area contributed by atoms with Gasteiger partial charge in [0.15, 0.2) is 0 Å². The standard InChI is InChI=1S/C18H37N3/c1-3-5-6-7-8-9-10-17(19-11-4-2)18-16-20-12-14-21(18)15-13-20/h17-19H,3-16H2,1-2H3. The zero-order valence-corrected chi connectivity index (χ0v) is 14.4. The van der Waals surface area contributed by atoms with Gasteiger partial charge in [-0.3, -0.25) is 9.80 Å². The van der Waals surface area contributed by atoms with E-state index in [2.05, 4.69) is 29.0 Å². The summed E-state index contributed by atoms with van der Waals surface area (Å²) in [6.07, 6.45) is 11.1. The van der Waals surface area contributed by atoms with Gasteiger partial charge in [-0.2, -0.15) is 0 Å². The van der Waals surface area contributed by atoms with Crippen LogP contribution in [0.5, 0.6) is 0 Å². The molecular weight excluding hydrogens is 258 g/mol. The van der Waals surface area contributed by atoms with Crippen molar-refractivity contribution in [2.24, 2.45) is 0 Å². The Hall–Kier alpha value is -0.120. The van der Waals surface area contributed by atoms with Gasteiger partial charge in [0.25, 0.3) is 0 Å². The highest BCUT2D eigenvalue weighted by Gasteiger charge is 2.36. The second-order valence-corrected chi connectivity index (χ2v) is 7.02. The molecule has 3 nitrogen and oxygen atoms in total. The second-order valence-electron chi connectivity index (χ2n) is 7.02. The van der Waals surface area contributed by atoms with E-state index in [0.29, 0.717) is 0 Å². The van der Waals surface area contributed by atoms with Crippen molar-refractivity contribution in [3.05, 3.63) is 0 Å². The first-order valence-corrected chi connectivity index (χ1v) is 9.55. The molecule has 3 aliphatic rings. The van der Waals surface area contributed by atoms with Gasteiger partial charge in [-0.1, -0.05) is 52.4 Å². The van der Waals surface area contributed by atoms with Gasteiger partial charge in [0.05, 0.1) is 0 Å². The van der Waals surface area contributed by atoms with Crippen molar-refractivity contribution in [3.63, 3.8) is 0 Å². The van der Waals surface area contributed by atoms with Gasteiger partial charge in [0, 0.05) is 44.8 Å². The summed E-state index contributed by atoms with van der Waals surface area (Å²) in [4.78, 5) is 5.43. The predicted octanol–water partition coefficient (Wildman–Crippen LogP) is 3.11. The fourth-order valence-corrected chi connectivity index (χ4v) is 3.94. The van der Waals surface area contributed by atoms with E-state index < -0.39 is 0 Å². The number of unbranched alkanes of at least 4 members (excludes halogenated alkanes) is 5. The SMILES string of the molecule is CCCCCCCCC(NCCC)C1CN2CCN1CC2. The zero-order chi connectivity index (χ0) is 14.9. The Morgan fingerprint density at radius 1 is 0.905 bits per heavy atom. The average Bonchev–Trinajstić information content (AvgIpc) is 2.54. The molecule has 0 saturated carbocycles. The lowest BCUT2D eigenvalue weighted by molar-refractivity contribution is -0.00479. The van der Waals surface area contributed by atoms with Crippen molar-refractivity contribution in [1.29, 1.82) is 0 Å². The third-order valence-corrected chi connectivity index (χ3v) is 5.31. The molecule has 1 N–H and O–H groups in total. The summed E-state index contributed by atoms with van der Waals surface area (Å²) >= 11 is 0. The van der Waals surface area contributed by atoms with Gasteiger partial charge in [-0.05, 0) is 19.4 Å². The molecule has 3 heterocycles. The number of piperazine rings is 3. The summed E-state index contributed by atoms with van der Waals surface area (Å²) in [5, 5.41) is 3.86. The van der Waals surface area contributed by atoms with Crippen molar-refractivity contribution in [2.75, 3.05) is 39.3 Å². The number of hydrogen-bond acceptors (Lipinski definition) is 3. The molecule has 3 aliphatic heterocycles. The van der Waals surface area contributed by atoms with Gasteiger partial charge in [-0.25, -0.2) is 0 Å². The molecule has 0 radical (unpaired) electrons. The Bertz CT molecular complexity index is 261. The van der Waals surface area contributed by atoms with E-state index in [-0.39, 0.29) is 0 Å². The van der Waals surface area contributed by atoms with Gasteiger partial charge >= 0.3 is 0 Å². The van der Waals surface area contributed by atoms with Crippen molar-refractivity contribution >= 4 is 0 Å². The smallest absolute Gasteiger partial charge is 0.0377 e. The lowest BCUT2D eigenvalue weighted by Crippen LogP contribution is -2.66. The molecule has 3 fully saturated rings. The third-order valence-electron chi connectivity index (χ3n) is 5.31. The van der Waals surface area contributed by atoms with Crippen LogP contribution in [0.1, 0.15) is 65.2 Å². The van der Waals surface area contributed by atoms with E-state index in [1.807, 2.05) is 0 Å². The minimum absolute atomic E-state index is 0.722. The van der Waals surface area contributed by atoms with Crippen LogP contribution in [0.3, 0.4) is 0 Å². The predicted molar refractivity (Wildman–Crippen MR) is 91.9 cm³/mol. The van der Waals surface area contributed by atoms with E-state index in [4.69, 9.17) is 0 Å². The number of rotatable bonds is 11. The molecule has 3 rings (SSSR count). The van der Waals surface area contributed by atoms with E-state index in [9.17, 15) is 0 Å². The van der Waals surface area contributed by atoms with Gasteiger partial charge in [-0.15, -0.1) is 0 Å². The summed E-state index contributed by atoms with van der Waals surface area (Å²) in [5.74, 6) is 0. The number of fused-ring (bicyclic) bond motifs is 3. The normalized spacial score (nSPS) is 29.7. The van der Waals surface area contributed by atoms with Gasteiger partial charge in [0.2, 0.25) is 0 Å². The fraction of sp³-hybridized carbons (Fsp3) is 1.00. The molecule has 0 amide bonds. The Morgan fingerprint density at radius 3 is 2.24 bits per heavy atom. The average molecular weight is 296 g/mol. The summed E-state index contributed by atoms with van der Waals surface area (Å²) in [7, 11) is 0. The first kappa shape index (κ1) is 17.2. The molecule has 21 heavy (non-hydrogen) atoms. The summed E-state index contributed by atoms with van der Waals surface area (Å²) < 4.78 is 0. The Balaban J connectivity index is 1.72. The first-order valence-electron chi connectivity index (χ1n) is 9.55. The second kappa shape index (κ2) is 9.81. The van der Waals surface area contributed by atoms with Crippen molar-refractivity contribution < 1.29 is 0 Å². The van der Waals surface area contributed by atoms with E-state index in [1.54, 1.807) is 0 Å². The highest BCUT2D eigenvalue weighted by molar-refractivity contribution is 4.94. The first-order chi connectivity index (χ1) is 10.3. The number of hydrogen-bond donors (Lipinski definition) is 1. The summed E-state index contributed by atoms with van der Waals surface area (Å²) in [6.45, 7) is 12.3. The lowest BCUT2D eigenvalue weighted by atomic mass is 9.95. The van der Waals surface area contributed by atoms with Crippen LogP contribution < -0.4 is 5.32 Å². The molecule has 0 aromatic heterocycles. The molecule has 0 aromatic rings. The summed E-state index contributed by atoms with van der Waals surface area (Å²) in [5.41, 5.74) is 0. The van der Waals surface area contributed by atoms with Gasteiger partial charge in [0.1, 0.15) is 0 Å². The molecule has 2 unspecified atom stereocenters. The monoisotopic (exact) mass is 295 g/mol. The summed E-state index contributed by atoms with van der Waals surface area (Å²) in [6, 6.07) is 1.49. The topological polar surface area (TPSA) is 18.5 Å². The molecule has 0 aromatic carbocycles. The third kappa shape index (κ3) is 5.54. The van der Waals surface area contributed by atoms with E-state index in [0.717, 1.165) is 12.1 Å². The van der Waals surface area contributed by atoms with Crippen LogP contribution in [-0.2, 0) is 0 Å². The van der Waals surface area contributed by atoms with Crippen LogP contribution >= 0.6 is 0 Å². The Labute approximate surface area is 132 Å². The van der Waals surface area contributed by atoms with Crippen molar-refractivity contribution in [1.82, 2.24) is 15.1 Å². The van der Waals surface area contributed by atoms with Crippen LogP contribution in [0, 0.1) is 0 Å². The minimum atomic E-state index is 0.722. The quantitative estimate of drug-likeness (QED) is 0.591.